The van der Waals surface area contributed by atoms with Gasteiger partial charge >= 0.3 is 5.97 Å². The van der Waals surface area contributed by atoms with Crippen molar-refractivity contribution < 1.29 is 9.53 Å². The van der Waals surface area contributed by atoms with Crippen LogP contribution in [-0.2, 0) is 22.5 Å². The molecule has 22 heavy (non-hydrogen) atoms. The highest BCUT2D eigenvalue weighted by Gasteiger charge is 2.21. The van der Waals surface area contributed by atoms with Crippen LogP contribution in [0.15, 0.2) is 36.5 Å². The zero-order valence-electron chi connectivity index (χ0n) is 12.1. The van der Waals surface area contributed by atoms with Gasteiger partial charge in [-0.15, -0.1) is 0 Å². The third-order valence-corrected chi connectivity index (χ3v) is 3.32. The lowest BCUT2D eigenvalue weighted by molar-refractivity contribution is -0.141. The summed E-state index contributed by atoms with van der Waals surface area (Å²) in [5.74, 6) is 0.0513. The molecule has 0 amide bonds. The molecule has 0 aliphatic rings. The van der Waals surface area contributed by atoms with Crippen LogP contribution < -0.4 is 11.1 Å². The second kappa shape index (κ2) is 7.72. The van der Waals surface area contributed by atoms with Crippen molar-refractivity contribution in [1.82, 2.24) is 9.97 Å². The van der Waals surface area contributed by atoms with E-state index in [1.165, 1.54) is 13.3 Å². The number of hydrogen-bond donors (Lipinski definition) is 2. The van der Waals surface area contributed by atoms with E-state index in [4.69, 9.17) is 22.1 Å². The van der Waals surface area contributed by atoms with Gasteiger partial charge in [0, 0.05) is 24.7 Å². The fourth-order valence-corrected chi connectivity index (χ4v) is 2.14. The van der Waals surface area contributed by atoms with E-state index in [2.05, 4.69) is 15.3 Å². The van der Waals surface area contributed by atoms with Crippen LogP contribution in [0, 0.1) is 0 Å². The molecule has 0 radical (unpaired) electrons. The molecule has 1 heterocycles. The van der Waals surface area contributed by atoms with Crippen LogP contribution in [0.2, 0.25) is 5.28 Å². The zero-order valence-corrected chi connectivity index (χ0v) is 12.9. The van der Waals surface area contributed by atoms with Gasteiger partial charge in [0.25, 0.3) is 0 Å². The van der Waals surface area contributed by atoms with Crippen LogP contribution in [0.1, 0.15) is 11.1 Å². The van der Waals surface area contributed by atoms with Crippen molar-refractivity contribution >= 4 is 23.4 Å². The van der Waals surface area contributed by atoms with Crippen LogP contribution in [-0.4, -0.2) is 29.1 Å². The summed E-state index contributed by atoms with van der Waals surface area (Å²) in [4.78, 5) is 20.0. The molecule has 0 fully saturated rings. The summed E-state index contributed by atoms with van der Waals surface area (Å²) < 4.78 is 4.85. The summed E-state index contributed by atoms with van der Waals surface area (Å²) in [5, 5.41) is 3.13. The summed E-state index contributed by atoms with van der Waals surface area (Å²) in [6, 6.07) is 9.03. The summed E-state index contributed by atoms with van der Waals surface area (Å²) >= 11 is 5.81. The van der Waals surface area contributed by atoms with Crippen molar-refractivity contribution in [2.24, 2.45) is 5.73 Å². The maximum Gasteiger partial charge on any atom is 0.328 e. The number of nitrogens with one attached hydrogen (secondary N) is 1. The minimum Gasteiger partial charge on any atom is -0.467 e. The van der Waals surface area contributed by atoms with Crippen molar-refractivity contribution in [3.05, 3.63) is 52.9 Å². The highest BCUT2D eigenvalue weighted by Crippen LogP contribution is 2.16. The maximum atomic E-state index is 12.0. The van der Waals surface area contributed by atoms with Gasteiger partial charge in [0.05, 0.1) is 7.11 Å². The Bertz CT molecular complexity index is 637. The molecule has 7 heteroatoms. The number of benzene rings is 1. The SMILES string of the molecule is COC(=O)C(Cc1ccccc1)Nc1nc(Cl)ncc1CN. The predicted molar refractivity (Wildman–Crippen MR) is 84.5 cm³/mol. The molecule has 0 bridgehead atoms. The summed E-state index contributed by atoms with van der Waals surface area (Å²) in [6.45, 7) is 0.235. The predicted octanol–water partition coefficient (Wildman–Crippen LogP) is 1.78. The molecule has 1 aromatic heterocycles. The molecular weight excluding hydrogens is 304 g/mol. The molecule has 6 nitrogen and oxygen atoms in total. The molecule has 1 atom stereocenters. The molecule has 1 unspecified atom stereocenters. The number of methoxy groups -OCH3 is 1. The van der Waals surface area contributed by atoms with Gasteiger partial charge in [-0.25, -0.2) is 14.8 Å². The van der Waals surface area contributed by atoms with E-state index in [9.17, 15) is 4.79 Å². The second-order valence-electron chi connectivity index (χ2n) is 4.63. The number of hydrogen-bond acceptors (Lipinski definition) is 6. The first-order chi connectivity index (χ1) is 10.6. The van der Waals surface area contributed by atoms with Gasteiger partial charge in [0.2, 0.25) is 5.28 Å². The van der Waals surface area contributed by atoms with Crippen molar-refractivity contribution in [3.8, 4) is 0 Å². The van der Waals surface area contributed by atoms with Crippen LogP contribution in [0.4, 0.5) is 5.82 Å². The highest BCUT2D eigenvalue weighted by atomic mass is 35.5. The maximum absolute atomic E-state index is 12.0. The quantitative estimate of drug-likeness (QED) is 0.623. The largest absolute Gasteiger partial charge is 0.467 e. The number of nitrogens with zero attached hydrogens (tertiary/aromatic N) is 2. The fourth-order valence-electron chi connectivity index (χ4n) is 2.01. The van der Waals surface area contributed by atoms with E-state index in [0.29, 0.717) is 17.8 Å². The highest BCUT2D eigenvalue weighted by molar-refractivity contribution is 6.28. The summed E-state index contributed by atoms with van der Waals surface area (Å²) in [6.07, 6.45) is 1.99. The Morgan fingerprint density at radius 3 is 2.77 bits per heavy atom. The second-order valence-corrected chi connectivity index (χ2v) is 4.96. The lowest BCUT2D eigenvalue weighted by Crippen LogP contribution is -2.33. The van der Waals surface area contributed by atoms with Gasteiger partial charge < -0.3 is 15.8 Å². The number of aromatic nitrogens is 2. The Labute approximate surface area is 133 Å². The Morgan fingerprint density at radius 1 is 1.41 bits per heavy atom. The van der Waals surface area contributed by atoms with E-state index >= 15 is 0 Å². The first-order valence-electron chi connectivity index (χ1n) is 6.73. The lowest BCUT2D eigenvalue weighted by atomic mass is 10.1. The van der Waals surface area contributed by atoms with E-state index in [1.54, 1.807) is 0 Å². The Balaban J connectivity index is 2.23. The molecule has 0 aliphatic heterocycles. The molecule has 2 aromatic rings. The van der Waals surface area contributed by atoms with Gasteiger partial charge in [-0.05, 0) is 17.2 Å². The molecule has 0 aliphatic carbocycles. The number of halogens is 1. The van der Waals surface area contributed by atoms with Crippen LogP contribution in [0.5, 0.6) is 0 Å². The molecule has 1 aromatic carbocycles. The molecule has 0 saturated heterocycles. The van der Waals surface area contributed by atoms with E-state index in [0.717, 1.165) is 5.56 Å². The minimum atomic E-state index is -0.594. The van der Waals surface area contributed by atoms with Gasteiger partial charge in [0.1, 0.15) is 11.9 Å². The number of ether oxygens (including phenoxy) is 1. The topological polar surface area (TPSA) is 90.1 Å². The first-order valence-corrected chi connectivity index (χ1v) is 7.11. The summed E-state index contributed by atoms with van der Waals surface area (Å²) in [5.41, 5.74) is 7.33. The Hall–Kier alpha value is -2.18. The van der Waals surface area contributed by atoms with E-state index < -0.39 is 6.04 Å². The summed E-state index contributed by atoms with van der Waals surface area (Å²) in [7, 11) is 1.35. The van der Waals surface area contributed by atoms with Crippen LogP contribution in [0.25, 0.3) is 0 Å². The standard InChI is InChI=1S/C15H17ClN4O2/c1-22-14(21)12(7-10-5-3-2-4-6-10)19-13-11(8-17)9-18-15(16)20-13/h2-6,9,12H,7-8,17H2,1H3,(H,18,19,20). The number of anilines is 1. The minimum absolute atomic E-state index is 0.0861. The number of carbonyl (C=O) groups is 1. The number of carbonyl (C=O) groups excluding carboxylic acids is 1. The molecule has 0 saturated carbocycles. The average molecular weight is 321 g/mol. The third-order valence-electron chi connectivity index (χ3n) is 3.13. The molecule has 116 valence electrons. The van der Waals surface area contributed by atoms with Gasteiger partial charge in [0.15, 0.2) is 0 Å². The monoisotopic (exact) mass is 320 g/mol. The lowest BCUT2D eigenvalue weighted by Gasteiger charge is -2.18. The van der Waals surface area contributed by atoms with Gasteiger partial charge in [-0.1, -0.05) is 30.3 Å². The first kappa shape index (κ1) is 16.2. The number of nitrogens with two attached hydrogens (primary N) is 1. The van der Waals surface area contributed by atoms with E-state index in [-0.39, 0.29) is 17.8 Å². The van der Waals surface area contributed by atoms with Crippen LogP contribution >= 0.6 is 11.6 Å². The smallest absolute Gasteiger partial charge is 0.328 e. The Morgan fingerprint density at radius 2 is 2.14 bits per heavy atom. The molecular formula is C15H17ClN4O2. The third kappa shape index (κ3) is 4.16. The van der Waals surface area contributed by atoms with Crippen LogP contribution in [0.3, 0.4) is 0 Å². The van der Waals surface area contributed by atoms with Crippen molar-refractivity contribution in [1.29, 1.82) is 0 Å². The number of esters is 1. The zero-order chi connectivity index (χ0) is 15.9. The molecule has 2 rings (SSSR count). The van der Waals surface area contributed by atoms with Crippen molar-refractivity contribution in [2.75, 3.05) is 12.4 Å². The molecule has 0 spiro atoms. The van der Waals surface area contributed by atoms with Gasteiger partial charge in [-0.2, -0.15) is 0 Å². The molecule has 3 N–H and O–H groups in total. The average Bonchev–Trinajstić information content (AvgIpc) is 2.54. The van der Waals surface area contributed by atoms with E-state index in [1.807, 2.05) is 30.3 Å². The van der Waals surface area contributed by atoms with Gasteiger partial charge in [-0.3, -0.25) is 0 Å². The fraction of sp³-hybridized carbons (Fsp3) is 0.267. The normalized spacial score (nSPS) is 11.8. The Kier molecular flexibility index (Phi) is 5.68. The van der Waals surface area contributed by atoms with Crippen molar-refractivity contribution in [3.63, 3.8) is 0 Å². The number of rotatable bonds is 6. The van der Waals surface area contributed by atoms with Crippen molar-refractivity contribution in [2.45, 2.75) is 19.0 Å².